The molecule has 1 amide bonds. The summed E-state index contributed by atoms with van der Waals surface area (Å²) in [5, 5.41) is 21.1. The van der Waals surface area contributed by atoms with Crippen LogP contribution in [0.25, 0.3) is 23.0 Å². The van der Waals surface area contributed by atoms with Gasteiger partial charge in [0.05, 0.1) is 10.6 Å². The van der Waals surface area contributed by atoms with Crippen LogP contribution in [0, 0.1) is 10.1 Å². The van der Waals surface area contributed by atoms with Crippen LogP contribution in [-0.4, -0.2) is 25.7 Å². The zero-order valence-corrected chi connectivity index (χ0v) is 15.1. The highest BCUT2D eigenvalue weighted by Crippen LogP contribution is 2.27. The van der Waals surface area contributed by atoms with E-state index in [2.05, 4.69) is 15.7 Å². The number of nitrogens with one attached hydrogen (secondary N) is 2. The molecule has 0 aliphatic carbocycles. The first kappa shape index (κ1) is 17.6. The van der Waals surface area contributed by atoms with E-state index in [1.807, 2.05) is 30.3 Å². The highest BCUT2D eigenvalue weighted by Gasteiger charge is 2.22. The van der Waals surface area contributed by atoms with Crippen molar-refractivity contribution in [3.8, 4) is 16.9 Å². The van der Waals surface area contributed by atoms with Crippen LogP contribution in [0.3, 0.4) is 0 Å². The van der Waals surface area contributed by atoms with Gasteiger partial charge in [0.1, 0.15) is 11.4 Å². The predicted octanol–water partition coefficient (Wildman–Crippen LogP) is 2.79. The van der Waals surface area contributed by atoms with Crippen molar-refractivity contribution in [3.63, 3.8) is 0 Å². The van der Waals surface area contributed by atoms with E-state index in [1.54, 1.807) is 29.1 Å². The zero-order valence-electron chi connectivity index (χ0n) is 14.3. The van der Waals surface area contributed by atoms with E-state index in [0.717, 1.165) is 5.69 Å². The number of rotatable bonds is 4. The number of nitro groups is 1. The smallest absolute Gasteiger partial charge is 0.273 e. The van der Waals surface area contributed by atoms with Crippen molar-refractivity contribution in [1.82, 2.24) is 20.4 Å². The summed E-state index contributed by atoms with van der Waals surface area (Å²) in [6.07, 6.45) is 3.44. The summed E-state index contributed by atoms with van der Waals surface area (Å²) in [6, 6.07) is 15.6. The molecule has 0 saturated carbocycles. The summed E-state index contributed by atoms with van der Waals surface area (Å²) in [7, 11) is 0. The van der Waals surface area contributed by atoms with Crippen molar-refractivity contribution in [3.05, 3.63) is 82.2 Å². The Labute approximate surface area is 164 Å². The Morgan fingerprint density at radius 3 is 2.39 bits per heavy atom. The Kier molecular flexibility index (Phi) is 4.42. The summed E-state index contributed by atoms with van der Waals surface area (Å²) < 4.78 is 1.69. The molecule has 138 valence electrons. The van der Waals surface area contributed by atoms with Crippen LogP contribution < -0.4 is 10.6 Å². The Hall–Kier alpha value is -3.85. The van der Waals surface area contributed by atoms with Crippen molar-refractivity contribution in [2.45, 2.75) is 0 Å². The van der Waals surface area contributed by atoms with Gasteiger partial charge in [-0.25, -0.2) is 4.68 Å². The molecule has 1 aromatic heterocycles. The molecular weight excluding hydrogens is 378 g/mol. The van der Waals surface area contributed by atoms with Crippen LogP contribution in [0.5, 0.6) is 0 Å². The minimum absolute atomic E-state index is 0.00617. The largest absolute Gasteiger partial charge is 0.328 e. The predicted molar refractivity (Wildman–Crippen MR) is 108 cm³/mol. The number of thiocarbonyl (C=S) groups is 1. The van der Waals surface area contributed by atoms with Gasteiger partial charge < -0.3 is 5.32 Å². The second-order valence-electron chi connectivity index (χ2n) is 5.98. The number of aromatic nitrogens is 2. The fourth-order valence-electron chi connectivity index (χ4n) is 2.81. The second kappa shape index (κ2) is 7.05. The molecule has 4 rings (SSSR count). The molecule has 1 fully saturated rings. The molecule has 2 N–H and O–H groups in total. The standard InChI is InChI=1S/C19H13N5O3S/c25-18-16(20-19(28)21-18)10-13-11-23(14-4-2-1-3-5-14)22-17(13)12-6-8-15(9-7-12)24(26)27/h1-11H,(H2,20,21,25,28)/b16-10-. The molecule has 2 heterocycles. The maximum absolute atomic E-state index is 12.0. The molecule has 2 aromatic carbocycles. The molecule has 1 aliphatic heterocycles. The summed E-state index contributed by atoms with van der Waals surface area (Å²) in [6.45, 7) is 0. The number of nitrogens with zero attached hydrogens (tertiary/aromatic N) is 3. The molecule has 1 saturated heterocycles. The van der Waals surface area contributed by atoms with Gasteiger partial charge in [0, 0.05) is 29.5 Å². The van der Waals surface area contributed by atoms with Gasteiger partial charge in [0.25, 0.3) is 11.6 Å². The van der Waals surface area contributed by atoms with Crippen molar-refractivity contribution in [1.29, 1.82) is 0 Å². The molecule has 9 heteroatoms. The molecule has 0 unspecified atom stereocenters. The third-order valence-corrected chi connectivity index (χ3v) is 4.34. The maximum Gasteiger partial charge on any atom is 0.273 e. The third kappa shape index (κ3) is 3.38. The van der Waals surface area contributed by atoms with Crippen molar-refractivity contribution in [2.24, 2.45) is 0 Å². The molecule has 0 atom stereocenters. The summed E-state index contributed by atoms with van der Waals surface area (Å²) in [4.78, 5) is 22.5. The van der Waals surface area contributed by atoms with Crippen LogP contribution in [0.15, 0.2) is 66.5 Å². The van der Waals surface area contributed by atoms with E-state index in [1.165, 1.54) is 12.1 Å². The van der Waals surface area contributed by atoms with Gasteiger partial charge in [-0.2, -0.15) is 5.10 Å². The Balaban J connectivity index is 1.82. The lowest BCUT2D eigenvalue weighted by Crippen LogP contribution is -2.21. The van der Waals surface area contributed by atoms with E-state index < -0.39 is 4.92 Å². The van der Waals surface area contributed by atoms with Crippen LogP contribution in [0.2, 0.25) is 0 Å². The first-order chi connectivity index (χ1) is 13.5. The number of benzene rings is 2. The number of amides is 1. The number of carbonyl (C=O) groups is 1. The van der Waals surface area contributed by atoms with Gasteiger partial charge in [-0.3, -0.25) is 20.2 Å². The second-order valence-corrected chi connectivity index (χ2v) is 6.39. The van der Waals surface area contributed by atoms with Crippen LogP contribution >= 0.6 is 12.2 Å². The summed E-state index contributed by atoms with van der Waals surface area (Å²) in [5.41, 5.74) is 3.08. The van der Waals surface area contributed by atoms with Crippen molar-refractivity contribution >= 4 is 35.0 Å². The van der Waals surface area contributed by atoms with Gasteiger partial charge in [0.15, 0.2) is 5.11 Å². The van der Waals surface area contributed by atoms with E-state index in [4.69, 9.17) is 12.2 Å². The molecule has 8 nitrogen and oxygen atoms in total. The van der Waals surface area contributed by atoms with Crippen LogP contribution in [0.1, 0.15) is 5.56 Å². The molecule has 0 bridgehead atoms. The summed E-state index contributed by atoms with van der Waals surface area (Å²) >= 11 is 4.97. The van der Waals surface area contributed by atoms with Crippen molar-refractivity contribution < 1.29 is 9.72 Å². The fraction of sp³-hybridized carbons (Fsp3) is 0. The first-order valence-electron chi connectivity index (χ1n) is 8.25. The molecule has 3 aromatic rings. The minimum atomic E-state index is -0.455. The lowest BCUT2D eigenvalue weighted by molar-refractivity contribution is -0.384. The van der Waals surface area contributed by atoms with E-state index in [-0.39, 0.29) is 16.7 Å². The SMILES string of the molecule is O=C1NC(=S)N/C1=C\c1cn(-c2ccccc2)nc1-c1ccc([N+](=O)[O-])cc1. The van der Waals surface area contributed by atoms with E-state index >= 15 is 0 Å². The Morgan fingerprint density at radius 1 is 1.07 bits per heavy atom. The fourth-order valence-corrected chi connectivity index (χ4v) is 3.01. The van der Waals surface area contributed by atoms with Gasteiger partial charge in [-0.05, 0) is 42.6 Å². The molecule has 1 aliphatic rings. The number of nitro benzene ring substituents is 1. The molecule has 0 spiro atoms. The molecular formula is C19H13N5O3S. The minimum Gasteiger partial charge on any atom is -0.328 e. The lowest BCUT2D eigenvalue weighted by atomic mass is 10.1. The first-order valence-corrected chi connectivity index (χ1v) is 8.66. The maximum atomic E-state index is 12.0. The number of para-hydroxylation sites is 1. The van der Waals surface area contributed by atoms with E-state index in [9.17, 15) is 14.9 Å². The number of hydrogen-bond acceptors (Lipinski definition) is 5. The monoisotopic (exact) mass is 391 g/mol. The quantitative estimate of drug-likeness (QED) is 0.307. The third-order valence-electron chi connectivity index (χ3n) is 4.13. The number of carbonyl (C=O) groups excluding carboxylic acids is 1. The van der Waals surface area contributed by atoms with Gasteiger partial charge in [-0.15, -0.1) is 0 Å². The number of non-ortho nitro benzene ring substituents is 1. The highest BCUT2D eigenvalue weighted by molar-refractivity contribution is 7.80. The highest BCUT2D eigenvalue weighted by atomic mass is 32.1. The average molecular weight is 391 g/mol. The van der Waals surface area contributed by atoms with Gasteiger partial charge >= 0.3 is 0 Å². The van der Waals surface area contributed by atoms with Crippen LogP contribution in [-0.2, 0) is 4.79 Å². The van der Waals surface area contributed by atoms with Crippen LogP contribution in [0.4, 0.5) is 5.69 Å². The van der Waals surface area contributed by atoms with Crippen molar-refractivity contribution in [2.75, 3.05) is 0 Å². The molecule has 0 radical (unpaired) electrons. The van der Waals surface area contributed by atoms with Gasteiger partial charge in [-0.1, -0.05) is 18.2 Å². The topological polar surface area (TPSA) is 102 Å². The Bertz CT molecular complexity index is 1120. The summed E-state index contributed by atoms with van der Waals surface area (Å²) in [5.74, 6) is -0.327. The zero-order chi connectivity index (χ0) is 19.7. The number of hydrogen-bond donors (Lipinski definition) is 2. The average Bonchev–Trinajstić information content (AvgIpc) is 3.25. The molecule has 28 heavy (non-hydrogen) atoms. The Morgan fingerprint density at radius 2 is 1.79 bits per heavy atom. The normalized spacial score (nSPS) is 14.8. The van der Waals surface area contributed by atoms with Gasteiger partial charge in [0.2, 0.25) is 0 Å². The lowest BCUT2D eigenvalue weighted by Gasteiger charge is -2.01. The van der Waals surface area contributed by atoms with E-state index in [0.29, 0.717) is 22.5 Å².